The third kappa shape index (κ3) is 3.85. The van der Waals surface area contributed by atoms with Gasteiger partial charge in [-0.2, -0.15) is 0 Å². The highest BCUT2D eigenvalue weighted by Crippen LogP contribution is 2.30. The quantitative estimate of drug-likeness (QED) is 0.314. The van der Waals surface area contributed by atoms with Gasteiger partial charge >= 0.3 is 0 Å². The van der Waals surface area contributed by atoms with E-state index in [2.05, 4.69) is 21.4 Å². The lowest BCUT2D eigenvalue weighted by Gasteiger charge is -2.13. The lowest BCUT2D eigenvalue weighted by molar-refractivity contribution is -0.117. The number of hydrogen-bond donors (Lipinski definition) is 2. The Morgan fingerprint density at radius 1 is 0.906 bits per heavy atom. The third-order valence-corrected chi connectivity index (χ3v) is 6.10. The Hall–Kier alpha value is -3.63. The van der Waals surface area contributed by atoms with E-state index in [1.54, 1.807) is 6.20 Å². The second kappa shape index (κ2) is 8.13. The molecular weight excluding hydrogens is 418 g/mol. The summed E-state index contributed by atoms with van der Waals surface area (Å²) in [5.41, 5.74) is 6.93. The van der Waals surface area contributed by atoms with Crippen molar-refractivity contribution >= 4 is 45.0 Å². The van der Waals surface area contributed by atoms with Crippen molar-refractivity contribution in [2.45, 2.75) is 19.8 Å². The van der Waals surface area contributed by atoms with Gasteiger partial charge in [0.05, 0.1) is 5.92 Å². The number of aromatic nitrogens is 2. The molecule has 2 aromatic heterocycles. The van der Waals surface area contributed by atoms with Gasteiger partial charge in [-0.05, 0) is 79.1 Å². The average Bonchev–Trinajstić information content (AvgIpc) is 3.16. The van der Waals surface area contributed by atoms with E-state index in [0.717, 1.165) is 49.9 Å². The number of amides is 1. The average molecular weight is 440 g/mol. The fraction of sp³-hybridized carbons (Fsp3) is 0.111. The molecule has 0 spiro atoms. The van der Waals surface area contributed by atoms with E-state index >= 15 is 0 Å². The van der Waals surface area contributed by atoms with Gasteiger partial charge in [0.1, 0.15) is 0 Å². The third-order valence-electron chi connectivity index (χ3n) is 5.86. The van der Waals surface area contributed by atoms with Gasteiger partial charge in [0, 0.05) is 44.4 Å². The van der Waals surface area contributed by atoms with E-state index in [4.69, 9.17) is 11.6 Å². The molecule has 4 nitrogen and oxygen atoms in total. The van der Waals surface area contributed by atoms with Crippen molar-refractivity contribution in [2.75, 3.05) is 5.32 Å². The first-order valence-corrected chi connectivity index (χ1v) is 10.9. The van der Waals surface area contributed by atoms with Crippen LogP contribution >= 0.6 is 11.6 Å². The Balaban J connectivity index is 1.35. The Bertz CT molecular complexity index is 1450. The summed E-state index contributed by atoms with van der Waals surface area (Å²) in [6.45, 7) is 3.89. The van der Waals surface area contributed by atoms with Crippen molar-refractivity contribution in [3.05, 3.63) is 95.3 Å². The lowest BCUT2D eigenvalue weighted by atomic mass is 9.98. The molecule has 0 radical (unpaired) electrons. The Labute approximate surface area is 191 Å². The monoisotopic (exact) mass is 439 g/mol. The maximum Gasteiger partial charge on any atom is 0.231 e. The number of nitrogens with one attached hydrogen (secondary N) is 2. The minimum absolute atomic E-state index is 0.0454. The molecule has 0 bridgehead atoms. The number of aryl methyl sites for hydroxylation is 1. The van der Waals surface area contributed by atoms with Crippen LogP contribution in [0.25, 0.3) is 32.9 Å². The maximum absolute atomic E-state index is 12.9. The molecule has 0 saturated carbocycles. The van der Waals surface area contributed by atoms with E-state index in [9.17, 15) is 4.79 Å². The maximum atomic E-state index is 12.9. The second-order valence-corrected chi connectivity index (χ2v) is 8.53. The number of benzene rings is 3. The summed E-state index contributed by atoms with van der Waals surface area (Å²) in [6, 6.07) is 23.8. The number of rotatable bonds is 4. The van der Waals surface area contributed by atoms with Crippen LogP contribution in [0.5, 0.6) is 0 Å². The SMILES string of the molecule is Cc1cc(-c2ccc(NC(=O)[C@H](C)c3ccc4c(c3)[nH]c3ccc(Cl)cc34)cc2)ccn1. The van der Waals surface area contributed by atoms with Crippen molar-refractivity contribution in [3.63, 3.8) is 0 Å². The van der Waals surface area contributed by atoms with Gasteiger partial charge in [-0.3, -0.25) is 9.78 Å². The van der Waals surface area contributed by atoms with E-state index in [1.807, 2.05) is 80.6 Å². The minimum Gasteiger partial charge on any atom is -0.355 e. The van der Waals surface area contributed by atoms with E-state index in [-0.39, 0.29) is 11.8 Å². The summed E-state index contributed by atoms with van der Waals surface area (Å²) < 4.78 is 0. The number of anilines is 1. The van der Waals surface area contributed by atoms with Crippen LogP contribution in [-0.4, -0.2) is 15.9 Å². The van der Waals surface area contributed by atoms with Gasteiger partial charge in [-0.1, -0.05) is 35.9 Å². The molecule has 1 amide bonds. The van der Waals surface area contributed by atoms with Crippen LogP contribution in [0.2, 0.25) is 5.02 Å². The van der Waals surface area contributed by atoms with Crippen LogP contribution < -0.4 is 5.32 Å². The molecule has 3 aromatic carbocycles. The van der Waals surface area contributed by atoms with Gasteiger partial charge in [-0.15, -0.1) is 0 Å². The number of carbonyl (C=O) groups is 1. The van der Waals surface area contributed by atoms with Crippen LogP contribution in [0.3, 0.4) is 0 Å². The Morgan fingerprint density at radius 2 is 1.72 bits per heavy atom. The second-order valence-electron chi connectivity index (χ2n) is 8.09. The van der Waals surface area contributed by atoms with Gasteiger partial charge < -0.3 is 10.3 Å². The van der Waals surface area contributed by atoms with E-state index in [0.29, 0.717) is 5.02 Å². The van der Waals surface area contributed by atoms with Crippen molar-refractivity contribution < 1.29 is 4.79 Å². The van der Waals surface area contributed by atoms with Crippen LogP contribution in [0.1, 0.15) is 24.1 Å². The lowest BCUT2D eigenvalue weighted by Crippen LogP contribution is -2.18. The smallest absolute Gasteiger partial charge is 0.231 e. The molecule has 158 valence electrons. The summed E-state index contributed by atoms with van der Waals surface area (Å²) in [4.78, 5) is 20.6. The summed E-state index contributed by atoms with van der Waals surface area (Å²) in [7, 11) is 0. The number of hydrogen-bond acceptors (Lipinski definition) is 2. The number of aromatic amines is 1. The van der Waals surface area contributed by atoms with Gasteiger partial charge in [0.25, 0.3) is 0 Å². The molecule has 0 aliphatic carbocycles. The zero-order valence-corrected chi connectivity index (χ0v) is 18.6. The molecule has 5 aromatic rings. The fourth-order valence-electron chi connectivity index (χ4n) is 4.04. The van der Waals surface area contributed by atoms with E-state index < -0.39 is 0 Å². The number of carbonyl (C=O) groups excluding carboxylic acids is 1. The fourth-order valence-corrected chi connectivity index (χ4v) is 4.21. The molecular formula is C27H22ClN3O. The molecule has 0 aliphatic heterocycles. The first kappa shape index (κ1) is 20.3. The highest BCUT2D eigenvalue weighted by Gasteiger charge is 2.17. The highest BCUT2D eigenvalue weighted by molar-refractivity contribution is 6.31. The highest BCUT2D eigenvalue weighted by atomic mass is 35.5. The van der Waals surface area contributed by atoms with Crippen LogP contribution in [0.4, 0.5) is 5.69 Å². The summed E-state index contributed by atoms with van der Waals surface area (Å²) in [5, 5.41) is 5.92. The zero-order valence-electron chi connectivity index (χ0n) is 17.8. The standard InChI is InChI=1S/C27H22ClN3O/c1-16-13-20(11-12-29-16)18-3-7-22(8-4-18)30-27(32)17(2)19-5-9-23-24-15-21(28)6-10-25(24)31-26(23)14-19/h3-15,17,31H,1-2H3,(H,30,32)/t17-/m1/s1. The molecule has 0 aliphatic rings. The molecule has 2 heterocycles. The summed E-state index contributed by atoms with van der Waals surface area (Å²) in [6.07, 6.45) is 1.81. The van der Waals surface area contributed by atoms with Gasteiger partial charge in [0.15, 0.2) is 0 Å². The van der Waals surface area contributed by atoms with Crippen LogP contribution in [0.15, 0.2) is 79.0 Å². The first-order chi connectivity index (χ1) is 15.5. The van der Waals surface area contributed by atoms with Crippen LogP contribution in [-0.2, 0) is 4.79 Å². The van der Waals surface area contributed by atoms with Gasteiger partial charge in [-0.25, -0.2) is 0 Å². The summed E-state index contributed by atoms with van der Waals surface area (Å²) in [5.74, 6) is -0.340. The number of nitrogens with zero attached hydrogens (tertiary/aromatic N) is 1. The van der Waals surface area contributed by atoms with Crippen molar-refractivity contribution in [1.29, 1.82) is 0 Å². The van der Waals surface area contributed by atoms with Crippen LogP contribution in [0, 0.1) is 6.92 Å². The molecule has 2 N–H and O–H groups in total. The zero-order chi connectivity index (χ0) is 22.2. The van der Waals surface area contributed by atoms with Crippen molar-refractivity contribution in [3.8, 4) is 11.1 Å². The number of fused-ring (bicyclic) bond motifs is 3. The molecule has 5 heteroatoms. The number of H-pyrrole nitrogens is 1. The molecule has 1 atom stereocenters. The molecule has 5 rings (SSSR count). The largest absolute Gasteiger partial charge is 0.355 e. The minimum atomic E-state index is -0.295. The van der Waals surface area contributed by atoms with Crippen molar-refractivity contribution in [1.82, 2.24) is 9.97 Å². The predicted molar refractivity (Wildman–Crippen MR) is 132 cm³/mol. The van der Waals surface area contributed by atoms with Gasteiger partial charge in [0.2, 0.25) is 5.91 Å². The molecule has 32 heavy (non-hydrogen) atoms. The van der Waals surface area contributed by atoms with E-state index in [1.165, 1.54) is 0 Å². The number of halogens is 1. The predicted octanol–water partition coefficient (Wildman–Crippen LogP) is 7.09. The molecule has 0 fully saturated rings. The Morgan fingerprint density at radius 3 is 2.50 bits per heavy atom. The molecule has 0 unspecified atom stereocenters. The first-order valence-electron chi connectivity index (χ1n) is 10.5. The topological polar surface area (TPSA) is 57.8 Å². The summed E-state index contributed by atoms with van der Waals surface area (Å²) >= 11 is 6.16. The van der Waals surface area contributed by atoms with Crippen molar-refractivity contribution in [2.24, 2.45) is 0 Å². The number of pyridine rings is 1. The molecule has 0 saturated heterocycles. The Kier molecular flexibility index (Phi) is 5.16. The normalized spacial score (nSPS) is 12.2.